The van der Waals surface area contributed by atoms with E-state index in [1.807, 2.05) is 15.8 Å². The van der Waals surface area contributed by atoms with Crippen LogP contribution in [-0.4, -0.2) is 56.6 Å². The van der Waals surface area contributed by atoms with Gasteiger partial charge >= 0.3 is 0 Å². The van der Waals surface area contributed by atoms with Crippen LogP contribution in [0.2, 0.25) is 0 Å². The Bertz CT molecular complexity index is 1140. The number of thiophene rings is 1. The molecule has 0 bridgehead atoms. The molecule has 0 amide bonds. The Hall–Kier alpha value is -1.78. The lowest BCUT2D eigenvalue weighted by atomic mass is 10.2. The molecule has 0 spiro atoms. The van der Waals surface area contributed by atoms with Gasteiger partial charge in [0.05, 0.1) is 23.6 Å². The molecule has 1 saturated heterocycles. The summed E-state index contributed by atoms with van der Waals surface area (Å²) in [5.41, 5.74) is 0.740. The van der Waals surface area contributed by atoms with Crippen molar-refractivity contribution in [2.45, 2.75) is 38.8 Å². The van der Waals surface area contributed by atoms with Crippen LogP contribution in [-0.2, 0) is 23.4 Å². The summed E-state index contributed by atoms with van der Waals surface area (Å²) in [6.07, 6.45) is 2.70. The van der Waals surface area contributed by atoms with E-state index in [-0.39, 0.29) is 23.1 Å². The summed E-state index contributed by atoms with van der Waals surface area (Å²) in [5.74, 6) is 1.71. The van der Waals surface area contributed by atoms with Gasteiger partial charge in [-0.25, -0.2) is 8.42 Å². The molecule has 27 heavy (non-hydrogen) atoms. The van der Waals surface area contributed by atoms with Crippen LogP contribution < -0.4 is 5.56 Å². The Morgan fingerprint density at radius 3 is 2.89 bits per heavy atom. The number of nitrogens with zero attached hydrogens (tertiary/aromatic N) is 5. The first-order valence-electron chi connectivity index (χ1n) is 9.16. The number of aromatic nitrogens is 4. The van der Waals surface area contributed by atoms with Crippen LogP contribution in [0.3, 0.4) is 0 Å². The molecule has 1 aliphatic rings. The Labute approximate surface area is 161 Å². The average Bonchev–Trinajstić information content (AvgIpc) is 3.34. The first kappa shape index (κ1) is 18.6. The van der Waals surface area contributed by atoms with Crippen LogP contribution in [0.1, 0.15) is 32.0 Å². The molecule has 1 fully saturated rings. The molecule has 146 valence electrons. The van der Waals surface area contributed by atoms with E-state index in [1.54, 1.807) is 7.05 Å². The van der Waals surface area contributed by atoms with Gasteiger partial charge in [-0.2, -0.15) is 0 Å². The number of aryl methyl sites for hydroxylation is 1. The van der Waals surface area contributed by atoms with Crippen molar-refractivity contribution < 1.29 is 8.42 Å². The number of rotatable bonds is 6. The van der Waals surface area contributed by atoms with Gasteiger partial charge in [0.1, 0.15) is 4.70 Å². The number of hydrogen-bond acceptors (Lipinski definition) is 7. The molecular weight excluding hydrogens is 386 g/mol. The van der Waals surface area contributed by atoms with Crippen molar-refractivity contribution in [3.05, 3.63) is 27.6 Å². The van der Waals surface area contributed by atoms with Gasteiger partial charge in [-0.1, -0.05) is 13.3 Å². The fourth-order valence-corrected chi connectivity index (χ4v) is 6.36. The molecule has 0 saturated carbocycles. The number of fused-ring (bicyclic) bond motifs is 3. The normalized spacial score (nSPS) is 19.6. The topological polar surface area (TPSA) is 89.6 Å². The maximum absolute atomic E-state index is 12.5. The molecule has 3 aromatic heterocycles. The molecular formula is C17H23N5O3S2. The third-order valence-corrected chi connectivity index (χ3v) is 7.91. The summed E-state index contributed by atoms with van der Waals surface area (Å²) in [4.78, 5) is 14.7. The molecule has 0 aromatic carbocycles. The number of hydrogen-bond donors (Lipinski definition) is 0. The Morgan fingerprint density at radius 1 is 1.37 bits per heavy atom. The fraction of sp³-hybridized carbons (Fsp3) is 0.588. The second kappa shape index (κ2) is 6.99. The van der Waals surface area contributed by atoms with Crippen molar-refractivity contribution in [2.24, 2.45) is 7.05 Å². The predicted molar refractivity (Wildman–Crippen MR) is 106 cm³/mol. The van der Waals surface area contributed by atoms with Crippen molar-refractivity contribution in [2.75, 3.05) is 18.1 Å². The second-order valence-electron chi connectivity index (χ2n) is 7.13. The minimum Gasteiger partial charge on any atom is -0.292 e. The highest BCUT2D eigenvalue weighted by atomic mass is 32.2. The van der Waals surface area contributed by atoms with E-state index >= 15 is 0 Å². The Morgan fingerprint density at radius 2 is 2.19 bits per heavy atom. The molecule has 3 aromatic rings. The highest BCUT2D eigenvalue weighted by molar-refractivity contribution is 7.91. The van der Waals surface area contributed by atoms with E-state index < -0.39 is 9.84 Å². The lowest BCUT2D eigenvalue weighted by Gasteiger charge is -2.27. The van der Waals surface area contributed by atoms with Gasteiger partial charge in [-0.3, -0.25) is 18.7 Å². The Kier molecular flexibility index (Phi) is 4.81. The van der Waals surface area contributed by atoms with E-state index in [0.29, 0.717) is 23.4 Å². The average molecular weight is 410 g/mol. The molecule has 1 atom stereocenters. The first-order valence-corrected chi connectivity index (χ1v) is 11.9. The quantitative estimate of drug-likeness (QED) is 0.612. The number of sulfone groups is 1. The molecule has 1 aliphatic heterocycles. The third-order valence-electron chi connectivity index (χ3n) is 5.27. The third kappa shape index (κ3) is 3.30. The van der Waals surface area contributed by atoms with Gasteiger partial charge in [0.25, 0.3) is 5.56 Å². The monoisotopic (exact) mass is 409 g/mol. The van der Waals surface area contributed by atoms with E-state index in [9.17, 15) is 13.2 Å². The van der Waals surface area contributed by atoms with Crippen LogP contribution >= 0.6 is 11.3 Å². The van der Waals surface area contributed by atoms with E-state index in [0.717, 1.165) is 30.7 Å². The highest BCUT2D eigenvalue weighted by Gasteiger charge is 2.32. The minimum absolute atomic E-state index is 0.0133. The molecule has 10 heteroatoms. The zero-order valence-electron chi connectivity index (χ0n) is 15.5. The van der Waals surface area contributed by atoms with E-state index in [1.165, 1.54) is 15.9 Å². The maximum Gasteiger partial charge on any atom is 0.272 e. The van der Waals surface area contributed by atoms with Gasteiger partial charge in [-0.05, 0) is 30.8 Å². The zero-order valence-corrected chi connectivity index (χ0v) is 17.1. The first-order chi connectivity index (χ1) is 12.9. The highest BCUT2D eigenvalue weighted by Crippen LogP contribution is 2.23. The lowest BCUT2D eigenvalue weighted by molar-refractivity contribution is 0.195. The van der Waals surface area contributed by atoms with Crippen LogP contribution in [0.25, 0.3) is 16.0 Å². The van der Waals surface area contributed by atoms with Crippen molar-refractivity contribution in [3.63, 3.8) is 0 Å². The van der Waals surface area contributed by atoms with Crippen molar-refractivity contribution in [1.82, 2.24) is 24.1 Å². The maximum atomic E-state index is 12.5. The molecule has 0 radical (unpaired) electrons. The smallest absolute Gasteiger partial charge is 0.272 e. The van der Waals surface area contributed by atoms with Gasteiger partial charge in [-0.15, -0.1) is 21.5 Å². The van der Waals surface area contributed by atoms with Crippen LogP contribution in [0.4, 0.5) is 0 Å². The van der Waals surface area contributed by atoms with Crippen molar-refractivity contribution in [1.29, 1.82) is 0 Å². The Balaban J connectivity index is 1.75. The second-order valence-corrected chi connectivity index (χ2v) is 10.3. The van der Waals surface area contributed by atoms with Crippen molar-refractivity contribution in [3.8, 4) is 0 Å². The van der Waals surface area contributed by atoms with Crippen LogP contribution in [0, 0.1) is 0 Å². The predicted octanol–water partition coefficient (Wildman–Crippen LogP) is 1.43. The van der Waals surface area contributed by atoms with Gasteiger partial charge < -0.3 is 0 Å². The molecule has 0 aliphatic carbocycles. The molecule has 8 nitrogen and oxygen atoms in total. The summed E-state index contributed by atoms with van der Waals surface area (Å²) in [6.45, 7) is 3.47. The van der Waals surface area contributed by atoms with E-state index in [2.05, 4.69) is 22.0 Å². The minimum atomic E-state index is -2.95. The summed E-state index contributed by atoms with van der Waals surface area (Å²) >= 11 is 1.41. The zero-order chi connectivity index (χ0) is 19.2. The summed E-state index contributed by atoms with van der Waals surface area (Å²) in [5, 5.41) is 10.5. The number of unbranched alkanes of at least 4 members (excludes halogenated alkanes) is 1. The van der Waals surface area contributed by atoms with Gasteiger partial charge in [0.2, 0.25) is 5.78 Å². The summed E-state index contributed by atoms with van der Waals surface area (Å²) in [7, 11) is -1.25. The van der Waals surface area contributed by atoms with Gasteiger partial charge in [0, 0.05) is 13.1 Å². The fourth-order valence-electron chi connectivity index (χ4n) is 3.75. The van der Waals surface area contributed by atoms with Crippen LogP contribution in [0.15, 0.2) is 16.2 Å². The standard InChI is InChI=1S/C17H23N5O3S2/c1-3-4-7-21(12-6-9-27(24,25)11-12)10-14-18-19-17-20(2)16(23)15-13(22(14)17)5-8-26-15/h5,8,12H,3-4,6-7,9-11H2,1-2H3. The van der Waals surface area contributed by atoms with Crippen LogP contribution in [0.5, 0.6) is 0 Å². The van der Waals surface area contributed by atoms with Gasteiger partial charge in [0.15, 0.2) is 15.7 Å². The van der Waals surface area contributed by atoms with Crippen molar-refractivity contribution >= 4 is 37.2 Å². The molecule has 4 heterocycles. The SMILES string of the molecule is CCCCN(Cc1nnc2n(C)c(=O)c3sccc3n12)C1CCS(=O)(=O)C1. The molecule has 0 N–H and O–H groups in total. The molecule has 1 unspecified atom stereocenters. The lowest BCUT2D eigenvalue weighted by Crippen LogP contribution is -2.37. The van der Waals surface area contributed by atoms with E-state index in [4.69, 9.17) is 0 Å². The largest absolute Gasteiger partial charge is 0.292 e. The molecule has 4 rings (SSSR count). The summed E-state index contributed by atoms with van der Waals surface area (Å²) < 4.78 is 28.0. The summed E-state index contributed by atoms with van der Waals surface area (Å²) in [6, 6.07) is 1.93.